The maximum Gasteiger partial charge on any atom is 0.242 e. The summed E-state index contributed by atoms with van der Waals surface area (Å²) in [6.45, 7) is 0.246. The number of thiazole rings is 1. The van der Waals surface area contributed by atoms with Crippen LogP contribution in [0.3, 0.4) is 0 Å². The first-order chi connectivity index (χ1) is 8.49. The number of rotatable bonds is 4. The van der Waals surface area contributed by atoms with E-state index >= 15 is 0 Å². The maximum absolute atomic E-state index is 12.1. The lowest BCUT2D eigenvalue weighted by atomic mass is 10.4. The van der Waals surface area contributed by atoms with Gasteiger partial charge in [0.2, 0.25) is 10.0 Å². The van der Waals surface area contributed by atoms with Crippen LogP contribution in [-0.4, -0.2) is 13.4 Å². The van der Waals surface area contributed by atoms with Crippen LogP contribution in [0.5, 0.6) is 0 Å². The number of aromatic nitrogens is 1. The number of nitrogens with one attached hydrogen (secondary N) is 1. The third kappa shape index (κ3) is 3.39. The van der Waals surface area contributed by atoms with Gasteiger partial charge in [0.1, 0.15) is 0 Å². The zero-order valence-electron chi connectivity index (χ0n) is 8.93. The van der Waals surface area contributed by atoms with Crippen molar-refractivity contribution in [3.05, 3.63) is 43.7 Å². The summed E-state index contributed by atoms with van der Waals surface area (Å²) in [6, 6.07) is 4.93. The van der Waals surface area contributed by atoms with Gasteiger partial charge in [-0.2, -0.15) is 0 Å². The van der Waals surface area contributed by atoms with E-state index in [0.29, 0.717) is 4.47 Å². The van der Waals surface area contributed by atoms with Crippen molar-refractivity contribution in [2.75, 3.05) is 0 Å². The second kappa shape index (κ2) is 5.79. The smallest absolute Gasteiger partial charge is 0.242 e. The molecule has 0 spiro atoms. The Hall–Kier alpha value is -0.280. The Labute approximate surface area is 126 Å². The molecule has 4 nitrogen and oxygen atoms in total. The van der Waals surface area contributed by atoms with Crippen LogP contribution < -0.4 is 4.72 Å². The zero-order valence-corrected chi connectivity index (χ0v) is 13.7. The number of nitrogens with zero attached hydrogens (tertiary/aromatic N) is 1. The monoisotopic (exact) mass is 410 g/mol. The fraction of sp³-hybridized carbons (Fsp3) is 0.100. The van der Waals surface area contributed by atoms with Gasteiger partial charge in [-0.15, -0.1) is 11.3 Å². The summed E-state index contributed by atoms with van der Waals surface area (Å²) in [5.41, 5.74) is 1.67. The average molecular weight is 412 g/mol. The number of halogens is 2. The van der Waals surface area contributed by atoms with Gasteiger partial charge >= 0.3 is 0 Å². The fourth-order valence-electron chi connectivity index (χ4n) is 1.27. The molecule has 1 N–H and O–H groups in total. The first-order valence-corrected chi connectivity index (χ1v) is 8.76. The minimum atomic E-state index is -3.52. The van der Waals surface area contributed by atoms with Gasteiger partial charge < -0.3 is 0 Å². The lowest BCUT2D eigenvalue weighted by molar-refractivity contribution is 0.581. The molecule has 1 heterocycles. The van der Waals surface area contributed by atoms with Crippen molar-refractivity contribution < 1.29 is 8.42 Å². The van der Waals surface area contributed by atoms with E-state index in [9.17, 15) is 8.42 Å². The summed E-state index contributed by atoms with van der Waals surface area (Å²) in [4.78, 5) is 4.98. The molecule has 0 saturated carbocycles. The standard InChI is InChI=1S/C10H8Br2N2O2S2/c11-7-1-2-10(9(12)3-7)18(15,16)14-5-8-4-13-6-17-8/h1-4,6,14H,5H2. The van der Waals surface area contributed by atoms with E-state index in [-0.39, 0.29) is 11.4 Å². The van der Waals surface area contributed by atoms with Gasteiger partial charge in [-0.05, 0) is 34.1 Å². The maximum atomic E-state index is 12.1. The van der Waals surface area contributed by atoms with Gasteiger partial charge in [0.05, 0.1) is 10.4 Å². The molecule has 0 aliphatic heterocycles. The molecule has 1 aromatic carbocycles. The van der Waals surface area contributed by atoms with Crippen molar-refractivity contribution >= 4 is 53.2 Å². The van der Waals surface area contributed by atoms with Crippen LogP contribution in [0.15, 0.2) is 43.7 Å². The summed E-state index contributed by atoms with van der Waals surface area (Å²) in [5.74, 6) is 0. The number of sulfonamides is 1. The predicted octanol–water partition coefficient (Wildman–Crippen LogP) is 3.15. The molecule has 0 unspecified atom stereocenters. The molecule has 0 amide bonds. The van der Waals surface area contributed by atoms with Crippen LogP contribution >= 0.6 is 43.2 Å². The van der Waals surface area contributed by atoms with Crippen LogP contribution in [0, 0.1) is 0 Å². The molecule has 2 rings (SSSR count). The van der Waals surface area contributed by atoms with Crippen molar-refractivity contribution in [3.8, 4) is 0 Å². The highest BCUT2D eigenvalue weighted by molar-refractivity contribution is 9.11. The van der Waals surface area contributed by atoms with Crippen molar-refractivity contribution in [2.24, 2.45) is 0 Å². The van der Waals surface area contributed by atoms with Gasteiger partial charge in [0.25, 0.3) is 0 Å². The Kier molecular flexibility index (Phi) is 4.54. The molecule has 0 fully saturated rings. The second-order valence-corrected chi connectivity index (χ2v) is 7.84. The highest BCUT2D eigenvalue weighted by Gasteiger charge is 2.17. The summed E-state index contributed by atoms with van der Waals surface area (Å²) in [5, 5.41) is 0. The molecule has 0 radical (unpaired) electrons. The summed E-state index contributed by atoms with van der Waals surface area (Å²) >= 11 is 7.93. The Morgan fingerprint density at radius 2 is 2.11 bits per heavy atom. The topological polar surface area (TPSA) is 59.1 Å². The zero-order chi connectivity index (χ0) is 13.2. The molecule has 0 saturated heterocycles. The Morgan fingerprint density at radius 1 is 1.33 bits per heavy atom. The first kappa shape index (κ1) is 14.1. The van der Waals surface area contributed by atoms with Crippen LogP contribution in [0.25, 0.3) is 0 Å². The van der Waals surface area contributed by atoms with E-state index in [1.54, 1.807) is 29.9 Å². The fourth-order valence-corrected chi connectivity index (χ4v) is 4.64. The molecule has 8 heteroatoms. The van der Waals surface area contributed by atoms with Crippen molar-refractivity contribution in [3.63, 3.8) is 0 Å². The lowest BCUT2D eigenvalue weighted by Crippen LogP contribution is -2.23. The minimum absolute atomic E-state index is 0.218. The van der Waals surface area contributed by atoms with E-state index in [1.165, 1.54) is 11.3 Å². The van der Waals surface area contributed by atoms with E-state index in [1.807, 2.05) is 0 Å². The highest BCUT2D eigenvalue weighted by atomic mass is 79.9. The van der Waals surface area contributed by atoms with E-state index < -0.39 is 10.0 Å². The summed E-state index contributed by atoms with van der Waals surface area (Å²) in [7, 11) is -3.52. The quantitative estimate of drug-likeness (QED) is 0.840. The van der Waals surface area contributed by atoms with Crippen LogP contribution in [0.2, 0.25) is 0 Å². The first-order valence-electron chi connectivity index (χ1n) is 4.81. The Morgan fingerprint density at radius 3 is 2.72 bits per heavy atom. The van der Waals surface area contributed by atoms with Gasteiger partial charge in [0, 0.05) is 26.6 Å². The van der Waals surface area contributed by atoms with Crippen molar-refractivity contribution in [2.45, 2.75) is 11.4 Å². The van der Waals surface area contributed by atoms with E-state index in [0.717, 1.165) is 9.35 Å². The number of benzene rings is 1. The molecule has 0 atom stereocenters. The van der Waals surface area contributed by atoms with Crippen LogP contribution in [0.4, 0.5) is 0 Å². The molecule has 0 bridgehead atoms. The molecular weight excluding hydrogens is 404 g/mol. The third-order valence-corrected chi connectivity index (χ3v) is 5.75. The molecule has 2 aromatic rings. The van der Waals surface area contributed by atoms with Crippen LogP contribution in [0.1, 0.15) is 4.88 Å². The average Bonchev–Trinajstić information content (AvgIpc) is 2.78. The summed E-state index contributed by atoms with van der Waals surface area (Å²) < 4.78 is 28.0. The number of hydrogen-bond acceptors (Lipinski definition) is 4. The molecular formula is C10H8Br2N2O2S2. The van der Waals surface area contributed by atoms with Gasteiger partial charge in [-0.3, -0.25) is 4.98 Å². The Bertz CT molecular complexity index is 642. The minimum Gasteiger partial charge on any atom is -0.253 e. The second-order valence-electron chi connectivity index (χ2n) is 3.37. The molecule has 1 aromatic heterocycles. The lowest BCUT2D eigenvalue weighted by Gasteiger charge is -2.07. The number of hydrogen-bond donors (Lipinski definition) is 1. The van der Waals surface area contributed by atoms with Gasteiger partial charge in [-0.25, -0.2) is 13.1 Å². The van der Waals surface area contributed by atoms with Gasteiger partial charge in [0.15, 0.2) is 0 Å². The Balaban J connectivity index is 2.20. The molecule has 0 aliphatic carbocycles. The van der Waals surface area contributed by atoms with Crippen LogP contribution in [-0.2, 0) is 16.6 Å². The normalized spacial score (nSPS) is 11.7. The largest absolute Gasteiger partial charge is 0.253 e. The van der Waals surface area contributed by atoms with E-state index in [4.69, 9.17) is 0 Å². The van der Waals surface area contributed by atoms with Crippen molar-refractivity contribution in [1.29, 1.82) is 0 Å². The highest BCUT2D eigenvalue weighted by Crippen LogP contribution is 2.25. The molecule has 18 heavy (non-hydrogen) atoms. The van der Waals surface area contributed by atoms with Crippen molar-refractivity contribution in [1.82, 2.24) is 9.71 Å². The van der Waals surface area contributed by atoms with Gasteiger partial charge in [-0.1, -0.05) is 15.9 Å². The predicted molar refractivity (Wildman–Crippen MR) is 78.0 cm³/mol. The summed E-state index contributed by atoms with van der Waals surface area (Å²) in [6.07, 6.45) is 1.64. The SMILES string of the molecule is O=S(=O)(NCc1cncs1)c1ccc(Br)cc1Br. The van der Waals surface area contributed by atoms with E-state index in [2.05, 4.69) is 41.6 Å². The molecule has 96 valence electrons. The third-order valence-electron chi connectivity index (χ3n) is 2.10. The molecule has 0 aliphatic rings.